The molecule has 10 heteroatoms. The summed E-state index contributed by atoms with van der Waals surface area (Å²) >= 11 is 0. The average molecular weight is 469 g/mol. The number of likely N-dealkylation sites (N-methyl/N-ethyl adjacent to an activating group) is 1. The number of amides is 1. The van der Waals surface area contributed by atoms with Crippen LogP contribution in [0.3, 0.4) is 0 Å². The highest BCUT2D eigenvalue weighted by molar-refractivity contribution is 6.02. The molecule has 3 rings (SSSR count). The molecule has 1 amide bonds. The lowest BCUT2D eigenvalue weighted by Crippen LogP contribution is -2.43. The lowest BCUT2D eigenvalue weighted by molar-refractivity contribution is -0.299. The van der Waals surface area contributed by atoms with Crippen LogP contribution in [0.2, 0.25) is 0 Å². The van der Waals surface area contributed by atoms with Gasteiger partial charge in [0.25, 0.3) is 0 Å². The number of hydrogen-bond acceptors (Lipinski definition) is 6. The number of anilines is 1. The highest BCUT2D eigenvalue weighted by atomic mass is 19.4. The molecular weight excluding hydrogens is 449 g/mol. The van der Waals surface area contributed by atoms with Gasteiger partial charge in [-0.25, -0.2) is 0 Å². The van der Waals surface area contributed by atoms with Crippen LogP contribution < -0.4 is 21.1 Å². The maximum absolute atomic E-state index is 13.3. The second-order valence-electron chi connectivity index (χ2n) is 7.50. The zero-order chi connectivity index (χ0) is 25.2. The molecule has 0 saturated carbocycles. The Morgan fingerprint density at radius 2 is 1.82 bits per heavy atom. The minimum atomic E-state index is -4.65. The Balaban J connectivity index is 2.31. The van der Waals surface area contributed by atoms with Crippen molar-refractivity contribution in [1.82, 2.24) is 5.32 Å². The van der Waals surface area contributed by atoms with Crippen molar-refractivity contribution in [1.29, 1.82) is 5.26 Å². The van der Waals surface area contributed by atoms with E-state index < -0.39 is 35.1 Å². The molecule has 2 aromatic carbocycles. The molecule has 0 fully saturated rings. The molecule has 1 aliphatic heterocycles. The Labute approximate surface area is 193 Å². The highest BCUT2D eigenvalue weighted by Gasteiger charge is 2.38. The molecule has 3 N–H and O–H groups in total. The van der Waals surface area contributed by atoms with Gasteiger partial charge in [0.1, 0.15) is 5.82 Å². The molecule has 1 atom stereocenters. The third kappa shape index (κ3) is 4.45. The van der Waals surface area contributed by atoms with Crippen molar-refractivity contribution in [2.75, 3.05) is 11.4 Å². The number of halogens is 3. The summed E-state index contributed by atoms with van der Waals surface area (Å²) in [6.45, 7) is 3.36. The van der Waals surface area contributed by atoms with E-state index in [0.717, 1.165) is 23.1 Å². The fraction of sp³-hybridized carbons (Fsp3) is 0.208. The lowest BCUT2D eigenvalue weighted by Gasteiger charge is -2.39. The van der Waals surface area contributed by atoms with E-state index in [4.69, 9.17) is 11.0 Å². The third-order valence-electron chi connectivity index (χ3n) is 5.43. The Bertz CT molecular complexity index is 1240. The normalized spacial score (nSPS) is 16.4. The van der Waals surface area contributed by atoms with Crippen molar-refractivity contribution in [2.24, 2.45) is 5.73 Å². The van der Waals surface area contributed by atoms with Gasteiger partial charge in [0, 0.05) is 35.0 Å². The second kappa shape index (κ2) is 9.31. The van der Waals surface area contributed by atoms with E-state index in [1.54, 1.807) is 6.92 Å². The van der Waals surface area contributed by atoms with Gasteiger partial charge < -0.3 is 25.9 Å². The first kappa shape index (κ1) is 24.4. The van der Waals surface area contributed by atoms with Crippen LogP contribution in [0, 0.1) is 11.3 Å². The third-order valence-corrected chi connectivity index (χ3v) is 5.43. The van der Waals surface area contributed by atoms with Gasteiger partial charge in [-0.2, -0.15) is 18.4 Å². The van der Waals surface area contributed by atoms with Crippen molar-refractivity contribution in [3.8, 4) is 6.07 Å². The van der Waals surface area contributed by atoms with E-state index in [-0.39, 0.29) is 29.3 Å². The molecule has 1 unspecified atom stereocenters. The fourth-order valence-corrected chi connectivity index (χ4v) is 3.93. The van der Waals surface area contributed by atoms with Gasteiger partial charge in [-0.1, -0.05) is 18.2 Å². The van der Waals surface area contributed by atoms with Crippen LogP contribution >= 0.6 is 0 Å². The summed E-state index contributed by atoms with van der Waals surface area (Å²) in [4.78, 5) is 26.4. The van der Waals surface area contributed by atoms with Gasteiger partial charge in [-0.3, -0.25) is 4.79 Å². The van der Waals surface area contributed by atoms with Gasteiger partial charge in [-0.05, 0) is 49.7 Å². The first-order chi connectivity index (χ1) is 16.0. The van der Waals surface area contributed by atoms with Crippen LogP contribution in [0.15, 0.2) is 71.2 Å². The van der Waals surface area contributed by atoms with Crippen LogP contribution in [-0.4, -0.2) is 18.4 Å². The van der Waals surface area contributed by atoms with E-state index >= 15 is 0 Å². The van der Waals surface area contributed by atoms with Crippen molar-refractivity contribution in [3.63, 3.8) is 0 Å². The Kier molecular flexibility index (Phi) is 6.68. The van der Waals surface area contributed by atoms with E-state index in [0.29, 0.717) is 11.1 Å². The van der Waals surface area contributed by atoms with Gasteiger partial charge in [0.2, 0.25) is 5.91 Å². The number of nitrogens with zero attached hydrogens (tertiary/aromatic N) is 2. The quantitative estimate of drug-likeness (QED) is 0.694. The highest BCUT2D eigenvalue weighted by Crippen LogP contribution is 2.43. The number of carbonyl (C=O) groups is 2. The molecule has 1 heterocycles. The van der Waals surface area contributed by atoms with Crippen LogP contribution in [0.25, 0.3) is 0 Å². The molecule has 176 valence electrons. The number of allylic oxidation sites excluding steroid dienone is 1. The summed E-state index contributed by atoms with van der Waals surface area (Å²) in [6.07, 6.45) is -4.65. The molecule has 0 aliphatic carbocycles. The number of carbonyl (C=O) groups excluding carboxylic acids is 2. The second-order valence-corrected chi connectivity index (χ2v) is 7.50. The predicted octanol–water partition coefficient (Wildman–Crippen LogP) is 2.51. The van der Waals surface area contributed by atoms with Crippen molar-refractivity contribution < 1.29 is 27.9 Å². The topological polar surface area (TPSA) is 122 Å². The van der Waals surface area contributed by atoms with E-state index in [1.165, 1.54) is 37.3 Å². The number of nitriles is 1. The van der Waals surface area contributed by atoms with Crippen molar-refractivity contribution >= 4 is 17.6 Å². The maximum atomic E-state index is 13.3. The van der Waals surface area contributed by atoms with Gasteiger partial charge in [-0.15, -0.1) is 0 Å². The Morgan fingerprint density at radius 3 is 2.35 bits per heavy atom. The largest absolute Gasteiger partial charge is 0.545 e. The van der Waals surface area contributed by atoms with E-state index in [1.807, 2.05) is 6.07 Å². The Morgan fingerprint density at radius 1 is 1.18 bits per heavy atom. The average Bonchev–Trinajstić information content (AvgIpc) is 2.78. The first-order valence-corrected chi connectivity index (χ1v) is 10.2. The minimum Gasteiger partial charge on any atom is -0.545 e. The number of hydrogen-bond donors (Lipinski definition) is 2. The molecule has 0 radical (unpaired) electrons. The zero-order valence-electron chi connectivity index (χ0n) is 18.2. The van der Waals surface area contributed by atoms with Gasteiger partial charge in [0.15, 0.2) is 0 Å². The zero-order valence-corrected chi connectivity index (χ0v) is 18.2. The summed E-state index contributed by atoms with van der Waals surface area (Å²) in [7, 11) is 0. The van der Waals surface area contributed by atoms with Crippen LogP contribution in [-0.2, 0) is 15.8 Å². The molecule has 7 nitrogen and oxygen atoms in total. The maximum Gasteiger partial charge on any atom is 0.416 e. The predicted molar refractivity (Wildman–Crippen MR) is 115 cm³/mol. The van der Waals surface area contributed by atoms with E-state index in [9.17, 15) is 27.9 Å². The summed E-state index contributed by atoms with van der Waals surface area (Å²) in [5, 5.41) is 23.9. The monoisotopic (exact) mass is 469 g/mol. The smallest absolute Gasteiger partial charge is 0.416 e. The molecule has 1 aliphatic rings. The van der Waals surface area contributed by atoms with Crippen molar-refractivity contribution in [3.05, 3.63) is 87.9 Å². The summed E-state index contributed by atoms with van der Waals surface area (Å²) in [6, 6.07) is 12.0. The molecule has 0 bridgehead atoms. The molecule has 34 heavy (non-hydrogen) atoms. The first-order valence-electron chi connectivity index (χ1n) is 10.2. The van der Waals surface area contributed by atoms with E-state index in [2.05, 4.69) is 5.32 Å². The number of nitrogens with two attached hydrogens (primary N) is 1. The number of benzene rings is 2. The lowest BCUT2D eigenvalue weighted by atomic mass is 9.80. The van der Waals surface area contributed by atoms with Crippen LogP contribution in [0.4, 0.5) is 18.9 Å². The van der Waals surface area contributed by atoms with Crippen LogP contribution in [0.1, 0.15) is 36.5 Å². The molecule has 0 aromatic heterocycles. The summed E-state index contributed by atoms with van der Waals surface area (Å²) in [5.41, 5.74) is 5.51. The summed E-state index contributed by atoms with van der Waals surface area (Å²) in [5.74, 6) is -3.85. The van der Waals surface area contributed by atoms with Gasteiger partial charge in [0.05, 0.1) is 23.2 Å². The summed E-state index contributed by atoms with van der Waals surface area (Å²) < 4.78 is 40.0. The standard InChI is InChI=1S/C24H21F3N4O3/c1-3-30-22(32)18-13(2)31(17-6-4-5-16(11-17)24(25,26)27)21(29)20(23(33)34)19(18)15-9-7-14(12-28)8-10-15/h4-11,19H,3,29H2,1-2H3,(H,30,32)(H,33,34)/p-1. The molecular formula is C24H20F3N4O3-. The number of nitrogens with one attached hydrogen (secondary N) is 1. The fourth-order valence-electron chi connectivity index (χ4n) is 3.93. The SMILES string of the molecule is CCNC(=O)C1=C(C)N(c2cccc(C(F)(F)F)c2)C(N)=C(C(=O)[O-])C1c1ccc(C#N)cc1. The molecule has 0 saturated heterocycles. The number of rotatable bonds is 5. The number of carboxylic acids is 1. The number of aliphatic carboxylic acids is 1. The Hall–Kier alpha value is -4.26. The minimum absolute atomic E-state index is 0.0163. The molecule has 0 spiro atoms. The van der Waals surface area contributed by atoms with Crippen LogP contribution in [0.5, 0.6) is 0 Å². The van der Waals surface area contributed by atoms with Crippen molar-refractivity contribution in [2.45, 2.75) is 25.9 Å². The van der Waals surface area contributed by atoms with Gasteiger partial charge >= 0.3 is 6.18 Å². The number of carboxylic acid groups (broad SMARTS) is 1. The molecule has 2 aromatic rings. The number of alkyl halides is 3.